The molecule has 2 nitrogen and oxygen atoms in total. The van der Waals surface area contributed by atoms with Crippen LogP contribution >= 0.6 is 23.1 Å². The number of nitrogens with one attached hydrogen (secondary N) is 1. The molecule has 2 rings (SSSR count). The van der Waals surface area contributed by atoms with Crippen molar-refractivity contribution in [3.63, 3.8) is 0 Å². The normalized spacial score (nSPS) is 20.4. The highest BCUT2D eigenvalue weighted by atomic mass is 32.2. The summed E-state index contributed by atoms with van der Waals surface area (Å²) >= 11 is 4.06. The largest absolute Gasteiger partial charge is 0.315 e. The molecule has 19 heavy (non-hydrogen) atoms. The molecule has 1 aromatic rings. The van der Waals surface area contributed by atoms with E-state index in [1.807, 2.05) is 18.4 Å². The first kappa shape index (κ1) is 15.4. The summed E-state index contributed by atoms with van der Waals surface area (Å²) < 4.78 is 0.454. The van der Waals surface area contributed by atoms with Crippen LogP contribution in [0.15, 0.2) is 6.07 Å². The van der Waals surface area contributed by atoms with Gasteiger partial charge in [-0.25, -0.2) is 0 Å². The zero-order valence-electron chi connectivity index (χ0n) is 12.6. The Morgan fingerprint density at radius 3 is 2.89 bits per heavy atom. The number of thiophene rings is 1. The molecule has 0 atom stereocenters. The van der Waals surface area contributed by atoms with E-state index in [0.717, 1.165) is 13.1 Å². The van der Waals surface area contributed by atoms with Gasteiger partial charge in [-0.1, -0.05) is 13.8 Å². The maximum atomic E-state index is 3.24. The second kappa shape index (κ2) is 6.61. The molecule has 0 aliphatic carbocycles. The molecule has 1 saturated heterocycles. The van der Waals surface area contributed by atoms with Crippen LogP contribution in [0.3, 0.4) is 0 Å². The van der Waals surface area contributed by atoms with Crippen molar-refractivity contribution in [3.8, 4) is 0 Å². The van der Waals surface area contributed by atoms with E-state index in [0.29, 0.717) is 4.75 Å². The van der Waals surface area contributed by atoms with Gasteiger partial charge in [-0.15, -0.1) is 11.3 Å². The van der Waals surface area contributed by atoms with Crippen LogP contribution < -0.4 is 5.32 Å². The molecule has 108 valence electrons. The number of thioether (sulfide) groups is 1. The molecule has 0 bridgehead atoms. The second-order valence-electron chi connectivity index (χ2n) is 5.96. The molecule has 0 amide bonds. The topological polar surface area (TPSA) is 15.3 Å². The van der Waals surface area contributed by atoms with Gasteiger partial charge in [0, 0.05) is 39.9 Å². The van der Waals surface area contributed by atoms with E-state index in [1.54, 1.807) is 0 Å². The molecule has 0 radical (unpaired) electrons. The van der Waals surface area contributed by atoms with Crippen molar-refractivity contribution in [2.24, 2.45) is 0 Å². The quantitative estimate of drug-likeness (QED) is 0.916. The van der Waals surface area contributed by atoms with Crippen molar-refractivity contribution >= 4 is 23.1 Å². The molecule has 1 aliphatic rings. The molecule has 0 aromatic carbocycles. The first-order valence-electron chi connectivity index (χ1n) is 7.09. The van der Waals surface area contributed by atoms with Crippen molar-refractivity contribution in [3.05, 3.63) is 21.4 Å². The van der Waals surface area contributed by atoms with E-state index in [1.165, 1.54) is 40.6 Å². The van der Waals surface area contributed by atoms with Gasteiger partial charge in [0.1, 0.15) is 0 Å². The van der Waals surface area contributed by atoms with E-state index in [-0.39, 0.29) is 0 Å². The van der Waals surface area contributed by atoms with E-state index in [2.05, 4.69) is 48.8 Å². The zero-order chi connectivity index (χ0) is 13.9. The van der Waals surface area contributed by atoms with Gasteiger partial charge < -0.3 is 5.32 Å². The smallest absolute Gasteiger partial charge is 0.0296 e. The SMILES string of the molecule is CNCc1cc(CN2CCSC(C)(C)CC2)c(C)s1. The lowest BCUT2D eigenvalue weighted by molar-refractivity contribution is 0.276. The van der Waals surface area contributed by atoms with Crippen LogP contribution in [0, 0.1) is 6.92 Å². The Kier molecular flexibility index (Phi) is 5.35. The fourth-order valence-electron chi connectivity index (χ4n) is 2.47. The molecule has 0 spiro atoms. The van der Waals surface area contributed by atoms with Crippen molar-refractivity contribution in [1.82, 2.24) is 10.2 Å². The Labute approximate surface area is 126 Å². The van der Waals surface area contributed by atoms with Gasteiger partial charge in [-0.3, -0.25) is 4.90 Å². The summed E-state index contributed by atoms with van der Waals surface area (Å²) in [6, 6.07) is 2.39. The summed E-state index contributed by atoms with van der Waals surface area (Å²) in [6.45, 7) is 11.6. The highest BCUT2D eigenvalue weighted by Crippen LogP contribution is 2.31. The molecule has 0 unspecified atom stereocenters. The van der Waals surface area contributed by atoms with E-state index in [4.69, 9.17) is 0 Å². The zero-order valence-corrected chi connectivity index (χ0v) is 14.2. The maximum Gasteiger partial charge on any atom is 0.0296 e. The third-order valence-corrected chi connectivity index (χ3v) is 6.21. The fraction of sp³-hybridized carbons (Fsp3) is 0.733. The number of rotatable bonds is 4. The van der Waals surface area contributed by atoms with Gasteiger partial charge in [0.05, 0.1) is 0 Å². The third-order valence-electron chi connectivity index (χ3n) is 3.75. The first-order valence-corrected chi connectivity index (χ1v) is 8.89. The minimum atomic E-state index is 0.454. The van der Waals surface area contributed by atoms with Crippen LogP contribution in [0.4, 0.5) is 0 Å². The predicted molar refractivity (Wildman–Crippen MR) is 88.3 cm³/mol. The first-order chi connectivity index (χ1) is 9.00. The van der Waals surface area contributed by atoms with E-state index in [9.17, 15) is 0 Å². The fourth-order valence-corrected chi connectivity index (χ4v) is 4.67. The van der Waals surface area contributed by atoms with Gasteiger partial charge >= 0.3 is 0 Å². The molecular weight excluding hydrogens is 272 g/mol. The average Bonchev–Trinajstić information content (AvgIpc) is 2.56. The lowest BCUT2D eigenvalue weighted by Crippen LogP contribution is -2.26. The number of aryl methyl sites for hydroxylation is 1. The third kappa shape index (κ3) is 4.48. The number of hydrogen-bond donors (Lipinski definition) is 1. The molecule has 1 fully saturated rings. The van der Waals surface area contributed by atoms with Gasteiger partial charge in [-0.2, -0.15) is 11.8 Å². The molecule has 1 aliphatic heterocycles. The van der Waals surface area contributed by atoms with Gasteiger partial charge in [0.25, 0.3) is 0 Å². The summed E-state index contributed by atoms with van der Waals surface area (Å²) in [5, 5.41) is 3.24. The lowest BCUT2D eigenvalue weighted by Gasteiger charge is -2.22. The summed E-state index contributed by atoms with van der Waals surface area (Å²) in [4.78, 5) is 5.57. The molecular formula is C15H26N2S2. The molecule has 4 heteroatoms. The van der Waals surface area contributed by atoms with Crippen LogP contribution in [-0.4, -0.2) is 35.5 Å². The summed E-state index contributed by atoms with van der Waals surface area (Å²) in [5.41, 5.74) is 1.53. The van der Waals surface area contributed by atoms with Crippen molar-refractivity contribution < 1.29 is 0 Å². The van der Waals surface area contributed by atoms with Gasteiger partial charge in [0.2, 0.25) is 0 Å². The monoisotopic (exact) mass is 298 g/mol. The maximum absolute atomic E-state index is 3.24. The van der Waals surface area contributed by atoms with Crippen molar-refractivity contribution in [2.45, 2.75) is 45.0 Å². The summed E-state index contributed by atoms with van der Waals surface area (Å²) in [5.74, 6) is 1.26. The molecule has 1 aromatic heterocycles. The summed E-state index contributed by atoms with van der Waals surface area (Å²) in [6.07, 6.45) is 1.30. The van der Waals surface area contributed by atoms with Crippen LogP contribution in [0.25, 0.3) is 0 Å². The Balaban J connectivity index is 1.97. The Morgan fingerprint density at radius 1 is 1.37 bits per heavy atom. The van der Waals surface area contributed by atoms with E-state index >= 15 is 0 Å². The Morgan fingerprint density at radius 2 is 2.16 bits per heavy atom. The van der Waals surface area contributed by atoms with Crippen LogP contribution in [0.5, 0.6) is 0 Å². The minimum Gasteiger partial charge on any atom is -0.315 e. The average molecular weight is 299 g/mol. The van der Waals surface area contributed by atoms with Crippen molar-refractivity contribution in [2.75, 3.05) is 25.9 Å². The van der Waals surface area contributed by atoms with Crippen LogP contribution in [-0.2, 0) is 13.1 Å². The van der Waals surface area contributed by atoms with E-state index < -0.39 is 0 Å². The molecule has 0 saturated carbocycles. The van der Waals surface area contributed by atoms with Crippen LogP contribution in [0.2, 0.25) is 0 Å². The summed E-state index contributed by atoms with van der Waals surface area (Å²) in [7, 11) is 2.02. The number of nitrogens with zero attached hydrogens (tertiary/aromatic N) is 1. The van der Waals surface area contributed by atoms with Crippen LogP contribution in [0.1, 0.15) is 35.6 Å². The predicted octanol–water partition coefficient (Wildman–Crippen LogP) is 3.49. The van der Waals surface area contributed by atoms with Gasteiger partial charge in [-0.05, 0) is 38.6 Å². The minimum absolute atomic E-state index is 0.454. The second-order valence-corrected chi connectivity index (χ2v) is 9.10. The number of hydrogen-bond acceptors (Lipinski definition) is 4. The molecule has 1 N–H and O–H groups in total. The standard InChI is InChI=1S/C15H26N2S2/c1-12-13(9-14(19-12)10-16-4)11-17-6-5-15(2,3)18-8-7-17/h9,16H,5-8,10-11H2,1-4H3. The highest BCUT2D eigenvalue weighted by molar-refractivity contribution is 8.00. The Bertz CT molecular complexity index is 412. The molecule has 2 heterocycles. The highest BCUT2D eigenvalue weighted by Gasteiger charge is 2.24. The lowest BCUT2D eigenvalue weighted by atomic mass is 10.1. The Hall–Kier alpha value is -0.0300. The van der Waals surface area contributed by atoms with Gasteiger partial charge in [0.15, 0.2) is 0 Å². The van der Waals surface area contributed by atoms with Crippen molar-refractivity contribution in [1.29, 1.82) is 0 Å².